The van der Waals surface area contributed by atoms with E-state index in [0.29, 0.717) is 18.2 Å². The van der Waals surface area contributed by atoms with E-state index in [2.05, 4.69) is 15.0 Å². The fourth-order valence-corrected chi connectivity index (χ4v) is 4.61. The lowest BCUT2D eigenvalue weighted by Crippen LogP contribution is -2.51. The smallest absolute Gasteiger partial charge is 0.211 e. The second kappa shape index (κ2) is 7.90. The number of morpholine rings is 1. The molecule has 7 nitrogen and oxygen atoms in total. The van der Waals surface area contributed by atoms with Gasteiger partial charge in [-0.1, -0.05) is 23.4 Å². The van der Waals surface area contributed by atoms with Gasteiger partial charge in [0.25, 0.3) is 0 Å². The quantitative estimate of drug-likeness (QED) is 0.569. The summed E-state index contributed by atoms with van der Waals surface area (Å²) >= 11 is 0. The van der Waals surface area contributed by atoms with Gasteiger partial charge < -0.3 is 23.8 Å². The molecule has 2 aromatic carbocycles. The number of hydrogen-bond acceptors (Lipinski definition) is 6. The number of rotatable bonds is 4. The van der Waals surface area contributed by atoms with Crippen molar-refractivity contribution in [1.29, 1.82) is 0 Å². The van der Waals surface area contributed by atoms with E-state index in [0.717, 1.165) is 47.6 Å². The predicted molar refractivity (Wildman–Crippen MR) is 125 cm³/mol. The summed E-state index contributed by atoms with van der Waals surface area (Å²) in [6.07, 6.45) is 7.69. The summed E-state index contributed by atoms with van der Waals surface area (Å²) in [5, 5.41) is 4.36. The normalized spacial score (nSPS) is 21.5. The van der Waals surface area contributed by atoms with Gasteiger partial charge in [0.1, 0.15) is 23.8 Å². The molecule has 1 unspecified atom stereocenters. The molecule has 1 aromatic heterocycles. The van der Waals surface area contributed by atoms with E-state index >= 15 is 0 Å². The maximum atomic E-state index is 13.5. The van der Waals surface area contributed by atoms with Crippen molar-refractivity contribution >= 4 is 11.9 Å². The Morgan fingerprint density at radius 2 is 2.00 bits per heavy atom. The molecule has 0 amide bonds. The number of benzene rings is 2. The summed E-state index contributed by atoms with van der Waals surface area (Å²) in [5.74, 6) is 1.81. The first-order valence-corrected chi connectivity index (χ1v) is 11.4. The van der Waals surface area contributed by atoms with Crippen LogP contribution >= 0.6 is 0 Å². The number of imidazole rings is 1. The molecule has 1 saturated carbocycles. The zero-order valence-electron chi connectivity index (χ0n) is 19.1. The fourth-order valence-electron chi connectivity index (χ4n) is 4.61. The van der Waals surface area contributed by atoms with Crippen molar-refractivity contribution in [3.8, 4) is 11.4 Å². The van der Waals surface area contributed by atoms with Crippen molar-refractivity contribution < 1.29 is 18.7 Å². The van der Waals surface area contributed by atoms with Gasteiger partial charge in [-0.3, -0.25) is 0 Å². The number of ether oxygens (including phenoxy) is 2. The second-order valence-corrected chi connectivity index (χ2v) is 9.05. The molecular formula is C26H25FN4O3. The number of oxime groups is 1. The molecule has 8 heteroatoms. The Morgan fingerprint density at radius 1 is 1.18 bits per heavy atom. The van der Waals surface area contributed by atoms with E-state index in [1.807, 2.05) is 54.1 Å². The second-order valence-electron chi connectivity index (χ2n) is 9.05. The summed E-state index contributed by atoms with van der Waals surface area (Å²) in [6, 6.07) is 12.5. The summed E-state index contributed by atoms with van der Waals surface area (Å²) < 4.78 is 27.6. The molecule has 3 heterocycles. The van der Waals surface area contributed by atoms with Crippen LogP contribution in [0.5, 0.6) is 5.75 Å². The zero-order chi connectivity index (χ0) is 23.3. The average Bonchev–Trinajstić information content (AvgIpc) is 3.44. The lowest BCUT2D eigenvalue weighted by atomic mass is 10.0. The van der Waals surface area contributed by atoms with Crippen LogP contribution in [0.4, 0.5) is 4.39 Å². The Hall–Kier alpha value is -3.81. The van der Waals surface area contributed by atoms with Gasteiger partial charge in [-0.2, -0.15) is 0 Å². The van der Waals surface area contributed by atoms with Crippen molar-refractivity contribution in [1.82, 2.24) is 14.5 Å². The highest BCUT2D eigenvalue weighted by atomic mass is 19.1. The first-order chi connectivity index (χ1) is 16.5. The van der Waals surface area contributed by atoms with E-state index in [4.69, 9.17) is 14.3 Å². The molecule has 3 aromatic rings. The van der Waals surface area contributed by atoms with E-state index in [1.165, 1.54) is 12.1 Å². The van der Waals surface area contributed by atoms with Crippen LogP contribution in [0.3, 0.4) is 0 Å². The van der Waals surface area contributed by atoms with Crippen LogP contribution in [0, 0.1) is 12.7 Å². The Balaban J connectivity index is 1.36. The van der Waals surface area contributed by atoms with E-state index < -0.39 is 0 Å². The number of hydrogen-bond donors (Lipinski definition) is 0. The van der Waals surface area contributed by atoms with Crippen LogP contribution in [0.25, 0.3) is 11.8 Å². The van der Waals surface area contributed by atoms with Gasteiger partial charge in [0.05, 0.1) is 37.4 Å². The molecule has 0 N–H and O–H groups in total. The van der Waals surface area contributed by atoms with Crippen LogP contribution in [0.1, 0.15) is 35.7 Å². The number of methoxy groups -OCH3 is 1. The molecule has 1 aliphatic carbocycles. The van der Waals surface area contributed by atoms with Gasteiger partial charge >= 0.3 is 0 Å². The zero-order valence-corrected chi connectivity index (χ0v) is 19.1. The first-order valence-electron chi connectivity index (χ1n) is 11.4. The first kappa shape index (κ1) is 20.8. The molecule has 0 radical (unpaired) electrons. The maximum absolute atomic E-state index is 13.5. The lowest BCUT2D eigenvalue weighted by Gasteiger charge is -2.43. The Morgan fingerprint density at radius 3 is 2.71 bits per heavy atom. The van der Waals surface area contributed by atoms with Crippen molar-refractivity contribution in [3.05, 3.63) is 83.4 Å². The minimum absolute atomic E-state index is 0.0562. The van der Waals surface area contributed by atoms with Crippen molar-refractivity contribution in [2.45, 2.75) is 31.4 Å². The van der Waals surface area contributed by atoms with Crippen LogP contribution in [-0.4, -0.2) is 46.1 Å². The Labute approximate surface area is 197 Å². The number of fused-ring (bicyclic) bond motifs is 1. The van der Waals surface area contributed by atoms with Crippen molar-refractivity contribution in [2.75, 3.05) is 20.3 Å². The standard InChI is InChI=1S/C26H25FN4O3/c1-17-13-30(16-28-17)21-8-3-18(11-23(21)32-2)12-24-25-29-33-14-22(19-4-6-20(27)7-5-19)31(25)15-26(34-24)9-10-26/h3-8,11-13,16,22H,9-10,14-15H2,1-2H3. The van der Waals surface area contributed by atoms with Crippen LogP contribution in [0.15, 0.2) is 65.9 Å². The highest BCUT2D eigenvalue weighted by molar-refractivity contribution is 6.01. The summed E-state index contributed by atoms with van der Waals surface area (Å²) in [7, 11) is 1.66. The molecule has 2 aliphatic heterocycles. The largest absolute Gasteiger partial charge is 0.495 e. The Bertz CT molecular complexity index is 1290. The van der Waals surface area contributed by atoms with E-state index in [9.17, 15) is 4.39 Å². The molecule has 174 valence electrons. The molecule has 1 spiro atoms. The van der Waals surface area contributed by atoms with Gasteiger partial charge in [-0.05, 0) is 61.2 Å². The number of amidine groups is 1. The number of aromatic nitrogens is 2. The monoisotopic (exact) mass is 460 g/mol. The molecule has 1 atom stereocenters. The van der Waals surface area contributed by atoms with Crippen LogP contribution in [0.2, 0.25) is 0 Å². The topological polar surface area (TPSA) is 61.1 Å². The molecule has 2 fully saturated rings. The maximum Gasteiger partial charge on any atom is 0.211 e. The highest BCUT2D eigenvalue weighted by Crippen LogP contribution is 2.48. The molecule has 34 heavy (non-hydrogen) atoms. The van der Waals surface area contributed by atoms with Crippen molar-refractivity contribution in [3.63, 3.8) is 0 Å². The molecule has 1 saturated heterocycles. The third kappa shape index (κ3) is 3.69. The Kier molecular flexibility index (Phi) is 4.83. The minimum Gasteiger partial charge on any atom is -0.495 e. The van der Waals surface area contributed by atoms with E-state index in [1.54, 1.807) is 13.4 Å². The lowest BCUT2D eigenvalue weighted by molar-refractivity contribution is -0.00393. The van der Waals surface area contributed by atoms with E-state index in [-0.39, 0.29) is 17.5 Å². The summed E-state index contributed by atoms with van der Waals surface area (Å²) in [5.41, 5.74) is 3.55. The van der Waals surface area contributed by atoms with Crippen LogP contribution < -0.4 is 4.74 Å². The molecule has 6 rings (SSSR count). The fraction of sp³-hybridized carbons (Fsp3) is 0.308. The van der Waals surface area contributed by atoms with Crippen LogP contribution in [-0.2, 0) is 9.57 Å². The van der Waals surface area contributed by atoms with Gasteiger partial charge in [0.15, 0.2) is 5.76 Å². The third-order valence-electron chi connectivity index (χ3n) is 6.59. The van der Waals surface area contributed by atoms with Crippen molar-refractivity contribution in [2.24, 2.45) is 5.16 Å². The predicted octanol–water partition coefficient (Wildman–Crippen LogP) is 4.62. The van der Waals surface area contributed by atoms with Gasteiger partial charge in [0, 0.05) is 6.20 Å². The SMILES string of the molecule is COc1cc(C=C2OC3(CC3)CN3C2=NOCC3c2ccc(F)cc2)ccc1-n1cnc(C)c1. The third-order valence-corrected chi connectivity index (χ3v) is 6.59. The number of nitrogens with zero attached hydrogens (tertiary/aromatic N) is 4. The highest BCUT2D eigenvalue weighted by Gasteiger charge is 2.54. The summed E-state index contributed by atoms with van der Waals surface area (Å²) in [6.45, 7) is 3.09. The van der Waals surface area contributed by atoms with Gasteiger partial charge in [0.2, 0.25) is 5.84 Å². The molecule has 0 bridgehead atoms. The minimum atomic E-state index is -0.251. The summed E-state index contributed by atoms with van der Waals surface area (Å²) in [4.78, 5) is 12.2. The number of aryl methyl sites for hydroxylation is 1. The van der Waals surface area contributed by atoms with Gasteiger partial charge in [-0.25, -0.2) is 9.37 Å². The average molecular weight is 461 g/mol. The number of halogens is 1. The van der Waals surface area contributed by atoms with Gasteiger partial charge in [-0.15, -0.1) is 0 Å². The molecular weight excluding hydrogens is 435 g/mol. The molecule has 3 aliphatic rings.